The van der Waals surface area contributed by atoms with Gasteiger partial charge in [0.25, 0.3) is 0 Å². The number of piperidine rings is 1. The maximum atomic E-state index is 13.0. The van der Waals surface area contributed by atoms with Crippen LogP contribution in [0.1, 0.15) is 47.1 Å². The van der Waals surface area contributed by atoms with E-state index in [0.29, 0.717) is 12.5 Å². The Labute approximate surface area is 241 Å². The highest BCUT2D eigenvalue weighted by molar-refractivity contribution is 7.80. The zero-order chi connectivity index (χ0) is 27.6. The molecule has 0 spiro atoms. The van der Waals surface area contributed by atoms with E-state index in [1.54, 1.807) is 7.11 Å². The van der Waals surface area contributed by atoms with E-state index in [1.165, 1.54) is 16.8 Å². The molecule has 3 aromatic carbocycles. The van der Waals surface area contributed by atoms with Crippen molar-refractivity contribution in [3.05, 3.63) is 89.0 Å². The lowest BCUT2D eigenvalue weighted by molar-refractivity contribution is 0.0694. The number of aryl methyl sites for hydroxylation is 1. The Bertz CT molecular complexity index is 1390. The summed E-state index contributed by atoms with van der Waals surface area (Å²) in [6.07, 6.45) is 1.75. The summed E-state index contributed by atoms with van der Waals surface area (Å²) >= 11 is 5.75. The van der Waals surface area contributed by atoms with Gasteiger partial charge in [0.2, 0.25) is 0 Å². The van der Waals surface area contributed by atoms with Crippen LogP contribution in [0.3, 0.4) is 0 Å². The Hall–Kier alpha value is -3.78. The first kappa shape index (κ1) is 26.4. The van der Waals surface area contributed by atoms with Crippen molar-refractivity contribution in [1.82, 2.24) is 9.80 Å². The molecule has 1 N–H and O–H groups in total. The van der Waals surface area contributed by atoms with Gasteiger partial charge < -0.3 is 29.5 Å². The summed E-state index contributed by atoms with van der Waals surface area (Å²) in [7, 11) is 1.68. The lowest BCUT2D eigenvalue weighted by Crippen LogP contribution is -2.50. The maximum absolute atomic E-state index is 13.0. The number of carbonyl (C=O) groups is 1. The number of anilines is 2. The molecule has 3 aliphatic rings. The van der Waals surface area contributed by atoms with Crippen molar-refractivity contribution in [1.29, 1.82) is 0 Å². The Morgan fingerprint density at radius 1 is 0.975 bits per heavy atom. The number of hydrogen-bond donors (Lipinski definition) is 1. The number of hydrogen-bond acceptors (Lipinski definition) is 5. The summed E-state index contributed by atoms with van der Waals surface area (Å²) in [6, 6.07) is 22.8. The van der Waals surface area contributed by atoms with Gasteiger partial charge in [-0.3, -0.25) is 0 Å². The molecule has 0 unspecified atom stereocenters. The predicted octanol–water partition coefficient (Wildman–Crippen LogP) is 6.09. The van der Waals surface area contributed by atoms with E-state index in [4.69, 9.17) is 21.7 Å². The summed E-state index contributed by atoms with van der Waals surface area (Å²) in [5.41, 5.74) is 7.06. The summed E-state index contributed by atoms with van der Waals surface area (Å²) in [6.45, 7) is 6.66. The van der Waals surface area contributed by atoms with Gasteiger partial charge >= 0.3 is 6.09 Å². The molecule has 2 atom stereocenters. The molecule has 0 aromatic heterocycles. The molecule has 208 valence electrons. The molecule has 2 fully saturated rings. The highest BCUT2D eigenvalue weighted by atomic mass is 32.1. The Morgan fingerprint density at radius 2 is 1.77 bits per heavy atom. The number of nitrogens with one attached hydrogen (secondary N) is 1. The Kier molecular flexibility index (Phi) is 7.52. The molecule has 2 aliphatic heterocycles. The van der Waals surface area contributed by atoms with Gasteiger partial charge in [-0.25, -0.2) is 4.79 Å². The second kappa shape index (κ2) is 11.4. The molecule has 0 radical (unpaired) electrons. The molecule has 2 heterocycles. The van der Waals surface area contributed by atoms with Crippen LogP contribution in [-0.2, 0) is 11.3 Å². The average Bonchev–Trinajstić information content (AvgIpc) is 3.28. The summed E-state index contributed by atoms with van der Waals surface area (Å²) in [4.78, 5) is 19.6. The zero-order valence-electron chi connectivity index (χ0n) is 23.1. The number of nitrogens with zero attached hydrogens (tertiary/aromatic N) is 3. The maximum Gasteiger partial charge on any atom is 0.410 e. The Morgan fingerprint density at radius 3 is 2.52 bits per heavy atom. The first-order valence-electron chi connectivity index (χ1n) is 14.1. The van der Waals surface area contributed by atoms with Crippen molar-refractivity contribution < 1.29 is 14.3 Å². The van der Waals surface area contributed by atoms with Crippen LogP contribution >= 0.6 is 12.2 Å². The van der Waals surface area contributed by atoms with Crippen LogP contribution in [0.25, 0.3) is 0 Å². The number of methoxy groups -OCH3 is 1. The largest absolute Gasteiger partial charge is 0.497 e. The van der Waals surface area contributed by atoms with Crippen LogP contribution in [-0.4, -0.2) is 60.8 Å². The van der Waals surface area contributed by atoms with Crippen LogP contribution < -0.4 is 15.0 Å². The lowest BCUT2D eigenvalue weighted by atomic mass is 9.95. The number of benzene rings is 3. The lowest BCUT2D eigenvalue weighted by Gasteiger charge is -2.37. The first-order valence-corrected chi connectivity index (χ1v) is 14.5. The smallest absolute Gasteiger partial charge is 0.410 e. The molecule has 6 rings (SSSR count). The molecule has 1 amide bonds. The van der Waals surface area contributed by atoms with E-state index >= 15 is 0 Å². The van der Waals surface area contributed by atoms with Crippen LogP contribution in [0, 0.1) is 6.92 Å². The number of piperazine rings is 1. The van der Waals surface area contributed by atoms with Crippen molar-refractivity contribution in [2.45, 2.75) is 38.3 Å². The summed E-state index contributed by atoms with van der Waals surface area (Å²) in [5, 5.41) is 4.18. The third kappa shape index (κ3) is 5.32. The van der Waals surface area contributed by atoms with Crippen molar-refractivity contribution in [3.8, 4) is 5.75 Å². The molecule has 40 heavy (non-hydrogen) atoms. The molecule has 3 aromatic rings. The fourth-order valence-corrected chi connectivity index (χ4v) is 6.54. The minimum Gasteiger partial charge on any atom is -0.497 e. The number of rotatable bonds is 5. The van der Waals surface area contributed by atoms with Gasteiger partial charge in [0.1, 0.15) is 12.4 Å². The van der Waals surface area contributed by atoms with E-state index < -0.39 is 0 Å². The van der Waals surface area contributed by atoms with Crippen LogP contribution in [0.2, 0.25) is 0 Å². The van der Waals surface area contributed by atoms with Gasteiger partial charge in [-0.15, -0.1) is 0 Å². The number of likely N-dealkylation sites (tertiary alicyclic amines) is 1. The second-order valence-corrected chi connectivity index (χ2v) is 11.3. The van der Waals surface area contributed by atoms with Crippen molar-refractivity contribution in [2.24, 2.45) is 0 Å². The molecule has 7 nitrogen and oxygen atoms in total. The SMILES string of the molecule is COc1ccc(NC(=S)N2CCN(c3ccc4c(c3)[C@@H]3CCN(C(=O)OCc5ccccc5)[C@H]4C3)CC2)c(C)c1. The summed E-state index contributed by atoms with van der Waals surface area (Å²) in [5.74, 6) is 1.35. The van der Waals surface area contributed by atoms with Gasteiger partial charge in [-0.05, 0) is 90.5 Å². The van der Waals surface area contributed by atoms with E-state index in [-0.39, 0.29) is 12.1 Å². The van der Waals surface area contributed by atoms with Crippen LogP contribution in [0.4, 0.5) is 16.2 Å². The Balaban J connectivity index is 1.06. The van der Waals surface area contributed by atoms with Gasteiger partial charge in [0.05, 0.1) is 13.2 Å². The molecular weight excluding hydrogens is 520 g/mol. The molecule has 2 saturated heterocycles. The second-order valence-electron chi connectivity index (χ2n) is 10.9. The van der Waals surface area contributed by atoms with E-state index in [1.807, 2.05) is 53.4 Å². The van der Waals surface area contributed by atoms with Crippen LogP contribution in [0.15, 0.2) is 66.7 Å². The predicted molar refractivity (Wildman–Crippen MR) is 162 cm³/mol. The van der Waals surface area contributed by atoms with E-state index in [2.05, 4.69) is 40.2 Å². The summed E-state index contributed by atoms with van der Waals surface area (Å²) < 4.78 is 11.0. The van der Waals surface area contributed by atoms with Crippen molar-refractivity contribution in [3.63, 3.8) is 0 Å². The van der Waals surface area contributed by atoms with Gasteiger partial charge in [0.15, 0.2) is 5.11 Å². The van der Waals surface area contributed by atoms with Gasteiger partial charge in [-0.1, -0.05) is 36.4 Å². The van der Waals surface area contributed by atoms with Crippen molar-refractivity contribution >= 4 is 34.8 Å². The fraction of sp³-hybridized carbons (Fsp3) is 0.375. The molecule has 8 heteroatoms. The number of fused-ring (bicyclic) bond motifs is 5. The zero-order valence-corrected chi connectivity index (χ0v) is 24.0. The fourth-order valence-electron chi connectivity index (χ4n) is 6.24. The number of amides is 1. The monoisotopic (exact) mass is 556 g/mol. The molecule has 2 bridgehead atoms. The number of ether oxygens (including phenoxy) is 2. The third-order valence-corrected chi connectivity index (χ3v) is 8.88. The average molecular weight is 557 g/mol. The highest BCUT2D eigenvalue weighted by Gasteiger charge is 2.41. The third-order valence-electron chi connectivity index (χ3n) is 8.52. The van der Waals surface area contributed by atoms with E-state index in [0.717, 1.165) is 73.2 Å². The minimum atomic E-state index is -0.213. The molecule has 1 aliphatic carbocycles. The minimum absolute atomic E-state index is 0.104. The normalized spacial score (nSPS) is 19.7. The van der Waals surface area contributed by atoms with Crippen LogP contribution in [0.5, 0.6) is 5.75 Å². The number of thiocarbonyl (C=S) groups is 1. The molecule has 0 saturated carbocycles. The van der Waals surface area contributed by atoms with E-state index in [9.17, 15) is 4.79 Å². The van der Waals surface area contributed by atoms with Gasteiger partial charge in [0, 0.05) is 44.1 Å². The standard InChI is InChI=1S/C32H36N4O3S/c1-22-18-26(38-2)9-11-29(22)33-31(40)35-16-14-34(15-17-35)25-8-10-27-28(20-25)24-12-13-36(30(27)19-24)32(37)39-21-23-6-4-3-5-7-23/h3-11,18,20,24,30H,12-17,19,21H2,1-2H3,(H,33,40)/t24-,30+/m1/s1. The van der Waals surface area contributed by atoms with Crippen molar-refractivity contribution in [2.75, 3.05) is 50.1 Å². The van der Waals surface area contributed by atoms with Gasteiger partial charge in [-0.2, -0.15) is 0 Å². The number of carbonyl (C=O) groups excluding carboxylic acids is 1. The highest BCUT2D eigenvalue weighted by Crippen LogP contribution is 2.50. The quantitative estimate of drug-likeness (QED) is 0.382. The first-order chi connectivity index (χ1) is 19.5. The molecular formula is C32H36N4O3S. The topological polar surface area (TPSA) is 57.3 Å².